The highest BCUT2D eigenvalue weighted by atomic mass is 35.5. The lowest BCUT2D eigenvalue weighted by Gasteiger charge is -2.08. The molecule has 4 nitrogen and oxygen atoms in total. The fourth-order valence-corrected chi connectivity index (χ4v) is 2.65. The number of halogens is 2. The molecule has 1 heterocycles. The Bertz CT molecular complexity index is 839. The number of aromatic nitrogens is 1. The number of benzene rings is 2. The molecular weight excluding hydrogens is 337 g/mol. The third kappa shape index (κ3) is 3.85. The van der Waals surface area contributed by atoms with Gasteiger partial charge in [-0.15, -0.1) is 11.3 Å². The van der Waals surface area contributed by atoms with Crippen molar-refractivity contribution in [3.05, 3.63) is 70.4 Å². The maximum Gasteiger partial charge on any atom is 0.255 e. The maximum atomic E-state index is 13.1. The van der Waals surface area contributed by atoms with Gasteiger partial charge >= 0.3 is 0 Å². The minimum atomic E-state index is -0.528. The second-order valence-electron chi connectivity index (χ2n) is 4.63. The Balaban J connectivity index is 1.75. The topological polar surface area (TPSA) is 54.0 Å². The zero-order chi connectivity index (χ0) is 16.2. The minimum Gasteiger partial charge on any atom is -0.332 e. The van der Waals surface area contributed by atoms with Gasteiger partial charge in [0.15, 0.2) is 5.13 Å². The Kier molecular flexibility index (Phi) is 4.55. The highest BCUT2D eigenvalue weighted by molar-refractivity contribution is 7.13. The van der Waals surface area contributed by atoms with E-state index in [-0.39, 0.29) is 10.9 Å². The van der Waals surface area contributed by atoms with Crippen molar-refractivity contribution < 1.29 is 9.18 Å². The van der Waals surface area contributed by atoms with Crippen molar-refractivity contribution in [2.45, 2.75) is 0 Å². The van der Waals surface area contributed by atoms with Crippen LogP contribution in [0.2, 0.25) is 5.02 Å². The molecule has 3 rings (SSSR count). The molecule has 7 heteroatoms. The van der Waals surface area contributed by atoms with Gasteiger partial charge in [-0.1, -0.05) is 17.7 Å². The summed E-state index contributed by atoms with van der Waals surface area (Å²) in [6.45, 7) is 0. The van der Waals surface area contributed by atoms with Crippen molar-refractivity contribution in [2.75, 3.05) is 10.6 Å². The number of anilines is 3. The highest BCUT2D eigenvalue weighted by Gasteiger charge is 2.09. The van der Waals surface area contributed by atoms with Gasteiger partial charge in [0.2, 0.25) is 0 Å². The zero-order valence-electron chi connectivity index (χ0n) is 11.7. The van der Waals surface area contributed by atoms with Crippen LogP contribution < -0.4 is 10.6 Å². The monoisotopic (exact) mass is 347 g/mol. The number of amides is 1. The Labute approximate surface area is 141 Å². The smallest absolute Gasteiger partial charge is 0.255 e. The Hall–Kier alpha value is -2.44. The largest absolute Gasteiger partial charge is 0.332 e. The van der Waals surface area contributed by atoms with Crippen LogP contribution >= 0.6 is 22.9 Å². The molecule has 0 unspecified atom stereocenters. The molecule has 0 radical (unpaired) electrons. The van der Waals surface area contributed by atoms with Gasteiger partial charge in [-0.25, -0.2) is 9.37 Å². The first-order valence-corrected chi connectivity index (χ1v) is 7.90. The van der Waals surface area contributed by atoms with E-state index in [1.54, 1.807) is 24.4 Å². The fourth-order valence-electron chi connectivity index (χ4n) is 1.92. The molecule has 0 spiro atoms. The van der Waals surface area contributed by atoms with E-state index in [0.29, 0.717) is 11.3 Å². The van der Waals surface area contributed by atoms with Crippen LogP contribution in [-0.4, -0.2) is 10.9 Å². The Morgan fingerprint density at radius 3 is 2.78 bits per heavy atom. The van der Waals surface area contributed by atoms with Crippen molar-refractivity contribution in [1.82, 2.24) is 4.98 Å². The van der Waals surface area contributed by atoms with E-state index in [4.69, 9.17) is 11.6 Å². The standard InChI is InChI=1S/C16H11ClFN3OS/c17-13-9-12(4-5-14(13)18)20-15(22)10-2-1-3-11(8-10)21-16-19-6-7-23-16/h1-9H,(H,19,21)(H,20,22). The first-order chi connectivity index (χ1) is 11.1. The molecule has 1 aromatic heterocycles. The summed E-state index contributed by atoms with van der Waals surface area (Å²) in [5.41, 5.74) is 1.65. The van der Waals surface area contributed by atoms with E-state index in [1.165, 1.54) is 29.5 Å². The summed E-state index contributed by atoms with van der Waals surface area (Å²) in [5, 5.41) is 8.36. The van der Waals surface area contributed by atoms with Gasteiger partial charge in [0.1, 0.15) is 5.82 Å². The van der Waals surface area contributed by atoms with Crippen LogP contribution in [-0.2, 0) is 0 Å². The number of carbonyl (C=O) groups excluding carboxylic acids is 1. The molecular formula is C16H11ClFN3OS. The summed E-state index contributed by atoms with van der Waals surface area (Å²) < 4.78 is 13.1. The lowest BCUT2D eigenvalue weighted by molar-refractivity contribution is 0.102. The van der Waals surface area contributed by atoms with Gasteiger partial charge in [0.25, 0.3) is 5.91 Å². The van der Waals surface area contributed by atoms with Gasteiger partial charge < -0.3 is 10.6 Å². The molecule has 0 bridgehead atoms. The van der Waals surface area contributed by atoms with E-state index < -0.39 is 5.82 Å². The van der Waals surface area contributed by atoms with E-state index in [2.05, 4.69) is 15.6 Å². The third-order valence-corrected chi connectivity index (χ3v) is 3.96. The average Bonchev–Trinajstić information content (AvgIpc) is 3.04. The van der Waals surface area contributed by atoms with Crippen LogP contribution in [0.1, 0.15) is 10.4 Å². The van der Waals surface area contributed by atoms with E-state index in [1.807, 2.05) is 11.4 Å². The molecule has 2 N–H and O–H groups in total. The molecule has 2 aromatic carbocycles. The van der Waals surface area contributed by atoms with Crippen molar-refractivity contribution in [1.29, 1.82) is 0 Å². The van der Waals surface area contributed by atoms with Gasteiger partial charge in [-0.05, 0) is 36.4 Å². The van der Waals surface area contributed by atoms with Crippen LogP contribution in [0.3, 0.4) is 0 Å². The number of thiazole rings is 1. The summed E-state index contributed by atoms with van der Waals surface area (Å²) in [6.07, 6.45) is 1.70. The van der Waals surface area contributed by atoms with E-state index in [0.717, 1.165) is 10.8 Å². The average molecular weight is 348 g/mol. The van der Waals surface area contributed by atoms with Crippen LogP contribution in [0.5, 0.6) is 0 Å². The Morgan fingerprint density at radius 2 is 2.04 bits per heavy atom. The molecule has 0 fully saturated rings. The van der Waals surface area contributed by atoms with Crippen molar-refractivity contribution in [3.8, 4) is 0 Å². The molecule has 0 aliphatic heterocycles. The molecule has 0 saturated heterocycles. The molecule has 0 aliphatic carbocycles. The SMILES string of the molecule is O=C(Nc1ccc(F)c(Cl)c1)c1cccc(Nc2nccs2)c1. The molecule has 1 amide bonds. The molecule has 3 aromatic rings. The normalized spacial score (nSPS) is 10.3. The molecule has 23 heavy (non-hydrogen) atoms. The van der Waals surface area contributed by atoms with Crippen LogP contribution in [0.15, 0.2) is 54.0 Å². The second kappa shape index (κ2) is 6.76. The fraction of sp³-hybridized carbons (Fsp3) is 0. The first kappa shape index (κ1) is 15.5. The molecule has 0 atom stereocenters. The van der Waals surface area contributed by atoms with E-state index >= 15 is 0 Å². The number of rotatable bonds is 4. The summed E-state index contributed by atoms with van der Waals surface area (Å²) in [4.78, 5) is 16.4. The van der Waals surface area contributed by atoms with Gasteiger partial charge in [-0.2, -0.15) is 0 Å². The van der Waals surface area contributed by atoms with Crippen LogP contribution in [0, 0.1) is 5.82 Å². The number of nitrogens with zero attached hydrogens (tertiary/aromatic N) is 1. The summed E-state index contributed by atoms with van der Waals surface area (Å²) in [5.74, 6) is -0.838. The van der Waals surface area contributed by atoms with Gasteiger partial charge in [-0.3, -0.25) is 4.79 Å². The Morgan fingerprint density at radius 1 is 1.17 bits per heavy atom. The maximum absolute atomic E-state index is 13.1. The predicted octanol–water partition coefficient (Wildman–Crippen LogP) is 4.93. The number of hydrogen-bond acceptors (Lipinski definition) is 4. The third-order valence-electron chi connectivity index (χ3n) is 2.99. The van der Waals surface area contributed by atoms with E-state index in [9.17, 15) is 9.18 Å². The number of hydrogen-bond donors (Lipinski definition) is 2. The molecule has 0 saturated carbocycles. The quantitative estimate of drug-likeness (QED) is 0.703. The van der Waals surface area contributed by atoms with Crippen molar-refractivity contribution >= 4 is 45.4 Å². The lowest BCUT2D eigenvalue weighted by atomic mass is 10.2. The van der Waals surface area contributed by atoms with Crippen molar-refractivity contribution in [2.24, 2.45) is 0 Å². The summed E-state index contributed by atoms with van der Waals surface area (Å²) >= 11 is 7.17. The minimum absolute atomic E-state index is 0.0398. The van der Waals surface area contributed by atoms with Gasteiger partial charge in [0, 0.05) is 28.5 Å². The number of carbonyl (C=O) groups is 1. The predicted molar refractivity (Wildman–Crippen MR) is 91.2 cm³/mol. The summed E-state index contributed by atoms with van der Waals surface area (Å²) in [6, 6.07) is 11.0. The zero-order valence-corrected chi connectivity index (χ0v) is 13.3. The first-order valence-electron chi connectivity index (χ1n) is 6.65. The van der Waals surface area contributed by atoms with Crippen molar-refractivity contribution in [3.63, 3.8) is 0 Å². The van der Waals surface area contributed by atoms with Gasteiger partial charge in [0.05, 0.1) is 5.02 Å². The molecule has 116 valence electrons. The molecule has 0 aliphatic rings. The lowest BCUT2D eigenvalue weighted by Crippen LogP contribution is -2.12. The highest BCUT2D eigenvalue weighted by Crippen LogP contribution is 2.22. The van der Waals surface area contributed by atoms with Crippen LogP contribution in [0.25, 0.3) is 0 Å². The second-order valence-corrected chi connectivity index (χ2v) is 5.93. The summed E-state index contributed by atoms with van der Waals surface area (Å²) in [7, 11) is 0. The van der Waals surface area contributed by atoms with Crippen LogP contribution in [0.4, 0.5) is 20.9 Å². The number of nitrogens with one attached hydrogen (secondary N) is 2.